The highest BCUT2D eigenvalue weighted by Crippen LogP contribution is 2.79. The predicted octanol–water partition coefficient (Wildman–Crippen LogP) is 1.71. The van der Waals surface area contributed by atoms with Crippen molar-refractivity contribution >= 4 is 12.6 Å². The molecule has 2 saturated carbocycles. The summed E-state index contributed by atoms with van der Waals surface area (Å²) in [6.45, 7) is 2.27. The number of hydrogen-bond donors (Lipinski definition) is 1. The second-order valence-electron chi connectivity index (χ2n) is 2.84. The lowest BCUT2D eigenvalue weighted by Gasteiger charge is -1.98. The average molecular weight is 114 g/mol. The number of thiol groups is 1. The van der Waals surface area contributed by atoms with E-state index in [1.165, 1.54) is 12.8 Å². The molecule has 2 fully saturated rings. The van der Waals surface area contributed by atoms with E-state index in [0.29, 0.717) is 0 Å². The molecule has 0 aromatic rings. The third kappa shape index (κ3) is 0.290. The molecule has 40 valence electrons. The number of fused-ring (bicyclic) bond motifs is 1. The lowest BCUT2D eigenvalue weighted by atomic mass is 10.2. The third-order valence-corrected chi connectivity index (χ3v) is 3.57. The Morgan fingerprint density at radius 3 is 2.43 bits per heavy atom. The van der Waals surface area contributed by atoms with Gasteiger partial charge in [0.1, 0.15) is 0 Å². The molecule has 0 N–H and O–H groups in total. The molecule has 0 nitrogen and oxygen atoms in total. The van der Waals surface area contributed by atoms with Crippen LogP contribution in [0, 0.1) is 11.3 Å². The van der Waals surface area contributed by atoms with Crippen LogP contribution in [0.25, 0.3) is 0 Å². The fraction of sp³-hybridized carbons (Fsp3) is 1.00. The highest BCUT2D eigenvalue weighted by molar-refractivity contribution is 7.81. The summed E-state index contributed by atoms with van der Waals surface area (Å²) in [7, 11) is 0. The Morgan fingerprint density at radius 2 is 2.43 bits per heavy atom. The molecule has 1 heteroatoms. The Balaban J connectivity index is 2.08. The summed E-state index contributed by atoms with van der Waals surface area (Å²) in [4.78, 5) is 0. The van der Waals surface area contributed by atoms with E-state index in [2.05, 4.69) is 19.6 Å². The smallest absolute Gasteiger partial charge is 0.0110 e. The van der Waals surface area contributed by atoms with Crippen molar-refractivity contribution in [2.45, 2.75) is 25.0 Å². The van der Waals surface area contributed by atoms with Gasteiger partial charge in [-0.05, 0) is 24.2 Å². The summed E-state index contributed by atoms with van der Waals surface area (Å²) < 4.78 is 0. The van der Waals surface area contributed by atoms with Crippen molar-refractivity contribution in [2.75, 3.05) is 0 Å². The van der Waals surface area contributed by atoms with Gasteiger partial charge in [0.25, 0.3) is 0 Å². The zero-order valence-electron chi connectivity index (χ0n) is 4.52. The van der Waals surface area contributed by atoms with E-state index in [-0.39, 0.29) is 0 Å². The van der Waals surface area contributed by atoms with Crippen LogP contribution in [-0.2, 0) is 0 Å². The molecule has 0 saturated heterocycles. The summed E-state index contributed by atoms with van der Waals surface area (Å²) in [6, 6.07) is 0. The van der Waals surface area contributed by atoms with Gasteiger partial charge in [0, 0.05) is 5.25 Å². The molecule has 0 aromatic heterocycles. The second kappa shape index (κ2) is 0.883. The van der Waals surface area contributed by atoms with E-state index >= 15 is 0 Å². The Kier molecular flexibility index (Phi) is 0.536. The first-order chi connectivity index (χ1) is 3.31. The molecule has 0 radical (unpaired) electrons. The molecular formula is C6H10S. The van der Waals surface area contributed by atoms with Crippen LogP contribution >= 0.6 is 12.6 Å². The van der Waals surface area contributed by atoms with Gasteiger partial charge in [-0.2, -0.15) is 12.6 Å². The van der Waals surface area contributed by atoms with E-state index in [4.69, 9.17) is 0 Å². The van der Waals surface area contributed by atoms with Gasteiger partial charge in [-0.1, -0.05) is 6.92 Å². The van der Waals surface area contributed by atoms with Gasteiger partial charge >= 0.3 is 0 Å². The van der Waals surface area contributed by atoms with Crippen molar-refractivity contribution in [3.63, 3.8) is 0 Å². The molecule has 3 atom stereocenters. The Hall–Kier alpha value is 0.350. The second-order valence-corrected chi connectivity index (χ2v) is 3.40. The molecule has 0 heterocycles. The van der Waals surface area contributed by atoms with E-state index in [0.717, 1.165) is 16.6 Å². The van der Waals surface area contributed by atoms with Gasteiger partial charge < -0.3 is 0 Å². The number of hydrogen-bond acceptors (Lipinski definition) is 1. The van der Waals surface area contributed by atoms with Gasteiger partial charge in [0.15, 0.2) is 0 Å². The van der Waals surface area contributed by atoms with Crippen LogP contribution in [-0.4, -0.2) is 5.25 Å². The Labute approximate surface area is 49.7 Å². The summed E-state index contributed by atoms with van der Waals surface area (Å²) in [5, 5.41) is 0.803. The van der Waals surface area contributed by atoms with Crippen molar-refractivity contribution in [1.29, 1.82) is 0 Å². The lowest BCUT2D eigenvalue weighted by Crippen LogP contribution is -1.93. The zero-order chi connectivity index (χ0) is 5.07. The van der Waals surface area contributed by atoms with E-state index < -0.39 is 0 Å². The van der Waals surface area contributed by atoms with Crippen LogP contribution < -0.4 is 0 Å². The quantitative estimate of drug-likeness (QED) is 0.493. The first-order valence-corrected chi connectivity index (χ1v) is 3.51. The van der Waals surface area contributed by atoms with Crippen LogP contribution in [0.3, 0.4) is 0 Å². The normalized spacial score (nSPS) is 64.3. The summed E-state index contributed by atoms with van der Waals surface area (Å²) in [6.07, 6.45) is 2.85. The molecule has 7 heavy (non-hydrogen) atoms. The van der Waals surface area contributed by atoms with Gasteiger partial charge in [0.2, 0.25) is 0 Å². The Bertz CT molecular complexity index is 105. The molecule has 0 bridgehead atoms. The van der Waals surface area contributed by atoms with Gasteiger partial charge in [-0.15, -0.1) is 0 Å². The maximum atomic E-state index is 4.39. The topological polar surface area (TPSA) is 0 Å². The van der Waals surface area contributed by atoms with E-state index in [1.54, 1.807) is 0 Å². The van der Waals surface area contributed by atoms with Gasteiger partial charge in [0.05, 0.1) is 0 Å². The molecule has 3 unspecified atom stereocenters. The first kappa shape index (κ1) is 4.25. The fourth-order valence-electron chi connectivity index (χ4n) is 1.59. The van der Waals surface area contributed by atoms with Crippen LogP contribution in [0.5, 0.6) is 0 Å². The zero-order valence-corrected chi connectivity index (χ0v) is 5.41. The lowest BCUT2D eigenvalue weighted by molar-refractivity contribution is 0.635. The van der Waals surface area contributed by atoms with Crippen LogP contribution in [0.1, 0.15) is 19.8 Å². The van der Waals surface area contributed by atoms with Gasteiger partial charge in [-0.3, -0.25) is 0 Å². The van der Waals surface area contributed by atoms with E-state index in [1.807, 2.05) is 0 Å². The predicted molar refractivity (Wildman–Crippen MR) is 33.6 cm³/mol. The molecule has 0 aliphatic heterocycles. The standard InChI is InChI=1S/C6H10S/c1-2-6-3-4(6)5(6)7/h4-5,7H,2-3H2,1H3. The molecule has 0 amide bonds. The summed E-state index contributed by atoms with van der Waals surface area (Å²) in [5.74, 6) is 1.04. The molecule has 2 aliphatic rings. The molecule has 2 aliphatic carbocycles. The highest BCUT2D eigenvalue weighted by atomic mass is 32.1. The van der Waals surface area contributed by atoms with Crippen molar-refractivity contribution in [1.82, 2.24) is 0 Å². The monoisotopic (exact) mass is 114 g/mol. The van der Waals surface area contributed by atoms with Crippen molar-refractivity contribution in [3.8, 4) is 0 Å². The highest BCUT2D eigenvalue weighted by Gasteiger charge is 2.75. The van der Waals surface area contributed by atoms with Crippen molar-refractivity contribution in [2.24, 2.45) is 11.3 Å². The first-order valence-electron chi connectivity index (χ1n) is 2.99. The van der Waals surface area contributed by atoms with Crippen LogP contribution in [0.2, 0.25) is 0 Å². The summed E-state index contributed by atoms with van der Waals surface area (Å²) >= 11 is 4.39. The van der Waals surface area contributed by atoms with Gasteiger partial charge in [-0.25, -0.2) is 0 Å². The molecule has 2 rings (SSSR count). The maximum absolute atomic E-state index is 4.39. The SMILES string of the molecule is CCC12CC1C2S. The minimum absolute atomic E-state index is 0.781. The largest absolute Gasteiger partial charge is 0.175 e. The fourth-order valence-corrected chi connectivity index (χ4v) is 2.39. The van der Waals surface area contributed by atoms with Crippen LogP contribution in [0.15, 0.2) is 0 Å². The minimum Gasteiger partial charge on any atom is -0.175 e. The average Bonchev–Trinajstić information content (AvgIpc) is 2.49. The minimum atomic E-state index is 0.781. The number of rotatable bonds is 1. The van der Waals surface area contributed by atoms with Crippen molar-refractivity contribution < 1.29 is 0 Å². The molecule has 0 spiro atoms. The van der Waals surface area contributed by atoms with Crippen molar-refractivity contribution in [3.05, 3.63) is 0 Å². The summed E-state index contributed by atoms with van der Waals surface area (Å²) in [5.41, 5.74) is 0.781. The van der Waals surface area contributed by atoms with Crippen LogP contribution in [0.4, 0.5) is 0 Å². The molecular weight excluding hydrogens is 104 g/mol. The Morgan fingerprint density at radius 1 is 1.86 bits per heavy atom. The maximum Gasteiger partial charge on any atom is 0.0110 e. The van der Waals surface area contributed by atoms with E-state index in [9.17, 15) is 0 Å². The third-order valence-electron chi connectivity index (χ3n) is 2.70. The molecule has 0 aromatic carbocycles.